The van der Waals surface area contributed by atoms with Crippen LogP contribution in [0.2, 0.25) is 0 Å². The second kappa shape index (κ2) is 11.2. The fourth-order valence-electron chi connectivity index (χ4n) is 4.21. The number of ether oxygens (including phenoxy) is 2. The molecule has 0 aromatic heterocycles. The molecule has 1 unspecified atom stereocenters. The Bertz CT molecular complexity index is 624. The van der Waals surface area contributed by atoms with Crippen LogP contribution in [-0.4, -0.2) is 58.6 Å². The number of unbranched alkanes of at least 4 members (excludes halogenated alkanes) is 1. The maximum Gasteiger partial charge on any atom is 0.412 e. The minimum atomic E-state index is -0.892. The lowest BCUT2D eigenvalue weighted by Gasteiger charge is -2.36. The van der Waals surface area contributed by atoms with Gasteiger partial charge in [-0.15, -0.1) is 0 Å². The van der Waals surface area contributed by atoms with Gasteiger partial charge in [0, 0.05) is 18.6 Å². The Balaban J connectivity index is 3.11. The highest BCUT2D eigenvalue weighted by atomic mass is 16.6. The SMILES string of the molecule is CCCCC(C)(C)C(=O)NCC1OC(C)(C)N(C(=O)OC(C)(C)C)[C@H]1C[C@H](CO)C(C)C. The number of aliphatic hydroxyl groups excluding tert-OH is 1. The standard InChI is InChI=1S/C25H48N2O5/c1-11-12-13-24(7,8)21(29)26-15-20-19(14-18(16-28)17(2)3)27(25(9,10)31-20)22(30)32-23(4,5)6/h17-20,28H,11-16H2,1-10H3,(H,26,29)/t18-,19+,20?/m1/s1. The van der Waals surface area contributed by atoms with E-state index in [0.717, 1.165) is 19.3 Å². The van der Waals surface area contributed by atoms with Gasteiger partial charge in [-0.1, -0.05) is 47.5 Å². The van der Waals surface area contributed by atoms with Crippen molar-refractivity contribution < 1.29 is 24.2 Å². The number of carbonyl (C=O) groups excluding carboxylic acids is 2. The lowest BCUT2D eigenvalue weighted by Crippen LogP contribution is -2.52. The van der Waals surface area contributed by atoms with Gasteiger partial charge in [-0.2, -0.15) is 0 Å². The molecule has 7 heteroatoms. The van der Waals surface area contributed by atoms with Gasteiger partial charge in [-0.05, 0) is 59.3 Å². The summed E-state index contributed by atoms with van der Waals surface area (Å²) in [5.74, 6) is 0.235. The lowest BCUT2D eigenvalue weighted by atomic mass is 9.85. The summed E-state index contributed by atoms with van der Waals surface area (Å²) >= 11 is 0. The summed E-state index contributed by atoms with van der Waals surface area (Å²) in [4.78, 5) is 27.7. The number of nitrogens with zero attached hydrogens (tertiary/aromatic N) is 1. The molecule has 188 valence electrons. The summed E-state index contributed by atoms with van der Waals surface area (Å²) in [6.07, 6.45) is 2.59. The van der Waals surface area contributed by atoms with Gasteiger partial charge in [-0.25, -0.2) is 4.79 Å². The first-order valence-corrected chi connectivity index (χ1v) is 12.1. The molecule has 1 aliphatic rings. The van der Waals surface area contributed by atoms with Crippen LogP contribution in [0, 0.1) is 17.3 Å². The predicted molar refractivity (Wildman–Crippen MR) is 127 cm³/mol. The van der Waals surface area contributed by atoms with E-state index >= 15 is 0 Å². The Morgan fingerprint density at radius 2 is 1.78 bits per heavy atom. The minimum absolute atomic E-state index is 0.00151. The summed E-state index contributed by atoms with van der Waals surface area (Å²) in [7, 11) is 0. The van der Waals surface area contributed by atoms with Gasteiger partial charge in [0.2, 0.25) is 5.91 Å². The topological polar surface area (TPSA) is 88.1 Å². The van der Waals surface area contributed by atoms with Crippen molar-refractivity contribution in [2.24, 2.45) is 17.3 Å². The summed E-state index contributed by atoms with van der Waals surface area (Å²) in [5.41, 5.74) is -1.99. The number of hydrogen-bond acceptors (Lipinski definition) is 5. The highest BCUT2D eigenvalue weighted by Gasteiger charge is 2.51. The zero-order chi connectivity index (χ0) is 24.9. The molecule has 0 radical (unpaired) electrons. The number of nitrogens with one attached hydrogen (secondary N) is 1. The van der Waals surface area contributed by atoms with E-state index in [9.17, 15) is 14.7 Å². The average Bonchev–Trinajstić information content (AvgIpc) is 2.90. The summed E-state index contributed by atoms with van der Waals surface area (Å²) in [6.45, 7) is 19.7. The van der Waals surface area contributed by atoms with Crippen LogP contribution in [0.25, 0.3) is 0 Å². The summed E-state index contributed by atoms with van der Waals surface area (Å²) in [6, 6.07) is -0.321. The molecule has 1 fully saturated rings. The second-order valence-corrected chi connectivity index (χ2v) is 11.6. The molecule has 1 rings (SSSR count). The maximum atomic E-state index is 13.2. The number of amides is 2. The Morgan fingerprint density at radius 3 is 2.25 bits per heavy atom. The number of hydrogen-bond donors (Lipinski definition) is 2. The Morgan fingerprint density at radius 1 is 1.19 bits per heavy atom. The Hall–Kier alpha value is -1.34. The monoisotopic (exact) mass is 456 g/mol. The molecule has 1 aliphatic heterocycles. The lowest BCUT2D eigenvalue weighted by molar-refractivity contribution is -0.131. The van der Waals surface area contributed by atoms with Crippen LogP contribution in [0.4, 0.5) is 4.79 Å². The van der Waals surface area contributed by atoms with E-state index in [4.69, 9.17) is 9.47 Å². The van der Waals surface area contributed by atoms with E-state index in [2.05, 4.69) is 26.1 Å². The zero-order valence-corrected chi connectivity index (χ0v) is 22.1. The van der Waals surface area contributed by atoms with E-state index in [1.165, 1.54) is 0 Å². The van der Waals surface area contributed by atoms with Crippen LogP contribution in [0.5, 0.6) is 0 Å². The smallest absolute Gasteiger partial charge is 0.412 e. The van der Waals surface area contributed by atoms with Gasteiger partial charge in [0.05, 0.1) is 12.1 Å². The molecular weight excluding hydrogens is 408 g/mol. The molecule has 2 amide bonds. The Kier molecular flexibility index (Phi) is 10.0. The first-order valence-electron chi connectivity index (χ1n) is 12.1. The molecule has 1 heterocycles. The van der Waals surface area contributed by atoms with Crippen LogP contribution in [-0.2, 0) is 14.3 Å². The first-order chi connectivity index (χ1) is 14.6. The average molecular weight is 457 g/mol. The first kappa shape index (κ1) is 28.7. The second-order valence-electron chi connectivity index (χ2n) is 11.6. The molecule has 32 heavy (non-hydrogen) atoms. The predicted octanol–water partition coefficient (Wildman–Crippen LogP) is 4.71. The molecule has 1 saturated heterocycles. The fourth-order valence-corrected chi connectivity index (χ4v) is 4.21. The summed E-state index contributed by atoms with van der Waals surface area (Å²) in [5, 5.41) is 13.0. The van der Waals surface area contributed by atoms with Crippen molar-refractivity contribution in [1.29, 1.82) is 0 Å². The largest absolute Gasteiger partial charge is 0.444 e. The number of aliphatic hydroxyl groups is 1. The van der Waals surface area contributed by atoms with Crippen molar-refractivity contribution in [2.45, 2.75) is 118 Å². The minimum Gasteiger partial charge on any atom is -0.444 e. The molecule has 3 atom stereocenters. The number of carbonyl (C=O) groups is 2. The molecule has 0 saturated carbocycles. The highest BCUT2D eigenvalue weighted by Crippen LogP contribution is 2.37. The van der Waals surface area contributed by atoms with E-state index in [1.54, 1.807) is 4.90 Å². The molecule has 0 bridgehead atoms. The van der Waals surface area contributed by atoms with Crippen molar-refractivity contribution in [3.05, 3.63) is 0 Å². The van der Waals surface area contributed by atoms with Crippen molar-refractivity contribution in [3.63, 3.8) is 0 Å². The summed E-state index contributed by atoms with van der Waals surface area (Å²) < 4.78 is 12.0. The van der Waals surface area contributed by atoms with Crippen molar-refractivity contribution in [3.8, 4) is 0 Å². The molecule has 0 aliphatic carbocycles. The molecule has 0 spiro atoms. The quantitative estimate of drug-likeness (QED) is 0.497. The van der Waals surface area contributed by atoms with Crippen molar-refractivity contribution in [2.75, 3.05) is 13.2 Å². The van der Waals surface area contributed by atoms with Gasteiger partial charge in [0.25, 0.3) is 0 Å². The normalized spacial score (nSPS) is 22.2. The third kappa shape index (κ3) is 7.91. The van der Waals surface area contributed by atoms with Crippen molar-refractivity contribution >= 4 is 12.0 Å². The molecule has 0 aromatic rings. The van der Waals surface area contributed by atoms with Crippen LogP contribution < -0.4 is 5.32 Å². The maximum absolute atomic E-state index is 13.2. The number of rotatable bonds is 10. The molecular formula is C25H48N2O5. The van der Waals surface area contributed by atoms with Crippen molar-refractivity contribution in [1.82, 2.24) is 10.2 Å². The third-order valence-corrected chi connectivity index (χ3v) is 6.33. The molecule has 2 N–H and O–H groups in total. The third-order valence-electron chi connectivity index (χ3n) is 6.33. The van der Waals surface area contributed by atoms with E-state index in [-0.39, 0.29) is 30.4 Å². The molecule has 0 aromatic carbocycles. The van der Waals surface area contributed by atoms with Gasteiger partial charge in [0.15, 0.2) is 0 Å². The van der Waals surface area contributed by atoms with Crippen LogP contribution in [0.15, 0.2) is 0 Å². The van der Waals surface area contributed by atoms with Crippen LogP contribution in [0.1, 0.15) is 94.9 Å². The van der Waals surface area contributed by atoms with Gasteiger partial charge in [0.1, 0.15) is 11.3 Å². The van der Waals surface area contributed by atoms with E-state index < -0.39 is 28.9 Å². The van der Waals surface area contributed by atoms with Gasteiger partial charge in [-0.3, -0.25) is 9.69 Å². The molecule has 7 nitrogen and oxygen atoms in total. The van der Waals surface area contributed by atoms with Gasteiger partial charge < -0.3 is 19.9 Å². The zero-order valence-electron chi connectivity index (χ0n) is 22.1. The van der Waals surface area contributed by atoms with E-state index in [1.807, 2.05) is 48.5 Å². The van der Waals surface area contributed by atoms with Crippen LogP contribution >= 0.6 is 0 Å². The highest BCUT2D eigenvalue weighted by molar-refractivity contribution is 5.81. The Labute approximate surface area is 195 Å². The fraction of sp³-hybridized carbons (Fsp3) is 0.920. The van der Waals surface area contributed by atoms with E-state index in [0.29, 0.717) is 13.0 Å². The van der Waals surface area contributed by atoms with Gasteiger partial charge >= 0.3 is 6.09 Å². The van der Waals surface area contributed by atoms with Crippen LogP contribution in [0.3, 0.4) is 0 Å².